The Labute approximate surface area is 375 Å². The van der Waals surface area contributed by atoms with Gasteiger partial charge in [0.05, 0.1) is 6.61 Å². The number of aliphatic hydroxyl groups is 3. The number of esters is 2. The fraction of sp³-hybridized carbons (Fsp3) is 0.745. The fourth-order valence-corrected chi connectivity index (χ4v) is 7.09. The van der Waals surface area contributed by atoms with Crippen molar-refractivity contribution in [2.45, 2.75) is 230 Å². The lowest BCUT2D eigenvalue weighted by atomic mass is 9.99. The van der Waals surface area contributed by atoms with Crippen molar-refractivity contribution in [1.82, 2.24) is 0 Å². The Morgan fingerprint density at radius 2 is 0.952 bits per heavy atom. The summed E-state index contributed by atoms with van der Waals surface area (Å²) in [6, 6.07) is 0. The molecule has 11 heteroatoms. The molecule has 0 radical (unpaired) electrons. The summed E-state index contributed by atoms with van der Waals surface area (Å²) in [6.07, 6.45) is 41.3. The van der Waals surface area contributed by atoms with Crippen LogP contribution in [0, 0.1) is 0 Å². The summed E-state index contributed by atoms with van der Waals surface area (Å²) in [5.74, 6) is -2.52. The number of hydrogen-bond donors (Lipinski definition) is 4. The third-order valence-corrected chi connectivity index (χ3v) is 10.9. The van der Waals surface area contributed by atoms with Gasteiger partial charge < -0.3 is 39.4 Å². The number of aliphatic carboxylic acids is 1. The van der Waals surface area contributed by atoms with Gasteiger partial charge in [0.15, 0.2) is 18.5 Å². The number of carbonyl (C=O) groups excluding carboxylic acids is 2. The molecule has 6 atom stereocenters. The number of carboxylic acids is 1. The second-order valence-corrected chi connectivity index (χ2v) is 16.6. The van der Waals surface area contributed by atoms with E-state index in [1.54, 1.807) is 0 Å². The predicted molar refractivity (Wildman–Crippen MR) is 247 cm³/mol. The average molecular weight is 875 g/mol. The highest BCUT2D eigenvalue weighted by Crippen LogP contribution is 2.23. The van der Waals surface area contributed by atoms with Gasteiger partial charge in [-0.2, -0.15) is 0 Å². The molecule has 62 heavy (non-hydrogen) atoms. The number of carbonyl (C=O) groups is 3. The summed E-state index contributed by atoms with van der Waals surface area (Å²) in [7, 11) is 0. The molecule has 0 aromatic heterocycles. The first-order valence-corrected chi connectivity index (χ1v) is 24.3. The minimum absolute atomic E-state index is 0.157. The molecule has 0 aliphatic carbocycles. The topological polar surface area (TPSA) is 169 Å². The van der Waals surface area contributed by atoms with Gasteiger partial charge >= 0.3 is 17.9 Å². The summed E-state index contributed by atoms with van der Waals surface area (Å²) < 4.78 is 21.7. The van der Waals surface area contributed by atoms with E-state index in [-0.39, 0.29) is 19.4 Å². The van der Waals surface area contributed by atoms with Crippen LogP contribution in [0.25, 0.3) is 0 Å². The van der Waals surface area contributed by atoms with Crippen LogP contribution in [-0.4, -0.2) is 88.4 Å². The zero-order chi connectivity index (χ0) is 45.3. The SMILES string of the molecule is CC/C=C\C/C=C\C/C=C\C/C=C\C/C=C\CCCC(=O)OCC(COC1OC(C(=O)O)C(O)C(O)C1O)OC(=O)CCCCCCCCCCCCCCCCCCCCC. The van der Waals surface area contributed by atoms with Gasteiger partial charge in [-0.05, 0) is 51.4 Å². The number of allylic oxidation sites excluding steroid dienone is 10. The zero-order valence-electron chi connectivity index (χ0n) is 38.6. The molecule has 1 saturated heterocycles. The van der Waals surface area contributed by atoms with E-state index < -0.39 is 61.3 Å². The van der Waals surface area contributed by atoms with E-state index in [0.29, 0.717) is 19.3 Å². The van der Waals surface area contributed by atoms with Crippen LogP contribution in [0.4, 0.5) is 0 Å². The van der Waals surface area contributed by atoms with Crippen LogP contribution in [0.3, 0.4) is 0 Å². The molecule has 0 spiro atoms. The highest BCUT2D eigenvalue weighted by atomic mass is 16.7. The number of aliphatic hydroxyl groups excluding tert-OH is 3. The van der Waals surface area contributed by atoms with Crippen LogP contribution in [0.5, 0.6) is 0 Å². The molecule has 6 unspecified atom stereocenters. The zero-order valence-corrected chi connectivity index (χ0v) is 38.6. The van der Waals surface area contributed by atoms with Crippen molar-refractivity contribution >= 4 is 17.9 Å². The molecule has 0 aromatic rings. The van der Waals surface area contributed by atoms with Crippen LogP contribution in [0.15, 0.2) is 60.8 Å². The third-order valence-electron chi connectivity index (χ3n) is 10.9. The van der Waals surface area contributed by atoms with E-state index in [9.17, 15) is 34.8 Å². The van der Waals surface area contributed by atoms with Gasteiger partial charge in [-0.15, -0.1) is 0 Å². The predicted octanol–water partition coefficient (Wildman–Crippen LogP) is 11.1. The van der Waals surface area contributed by atoms with Crippen molar-refractivity contribution in [2.75, 3.05) is 13.2 Å². The Balaban J connectivity index is 2.36. The van der Waals surface area contributed by atoms with Gasteiger partial charge in [0, 0.05) is 12.8 Å². The van der Waals surface area contributed by atoms with Gasteiger partial charge in [0.2, 0.25) is 0 Å². The highest BCUT2D eigenvalue weighted by Gasteiger charge is 2.47. The normalized spacial score (nSPS) is 20.0. The van der Waals surface area contributed by atoms with Crippen LogP contribution in [-0.2, 0) is 33.3 Å². The molecule has 356 valence electrons. The second kappa shape index (κ2) is 40.7. The maximum absolute atomic E-state index is 12.8. The molecule has 0 amide bonds. The first-order valence-electron chi connectivity index (χ1n) is 24.3. The monoisotopic (exact) mass is 875 g/mol. The molecule has 1 rings (SSSR count). The van der Waals surface area contributed by atoms with E-state index in [1.165, 1.54) is 96.3 Å². The molecular weight excluding hydrogens is 789 g/mol. The minimum Gasteiger partial charge on any atom is -0.479 e. The lowest BCUT2D eigenvalue weighted by molar-refractivity contribution is -0.298. The average Bonchev–Trinajstić information content (AvgIpc) is 3.26. The third kappa shape index (κ3) is 31.7. The molecular formula is C51H86O11. The Hall–Kier alpha value is -3.09. The number of unbranched alkanes of at least 4 members (excludes halogenated alkanes) is 19. The van der Waals surface area contributed by atoms with E-state index in [4.69, 9.17) is 18.9 Å². The van der Waals surface area contributed by atoms with E-state index in [2.05, 4.69) is 68.5 Å². The van der Waals surface area contributed by atoms with Crippen LogP contribution in [0.2, 0.25) is 0 Å². The molecule has 0 saturated carbocycles. The van der Waals surface area contributed by atoms with Crippen LogP contribution >= 0.6 is 0 Å². The summed E-state index contributed by atoms with van der Waals surface area (Å²) in [5.41, 5.74) is 0. The Bertz CT molecular complexity index is 1260. The second-order valence-electron chi connectivity index (χ2n) is 16.6. The van der Waals surface area contributed by atoms with Crippen LogP contribution < -0.4 is 0 Å². The maximum Gasteiger partial charge on any atom is 0.335 e. The maximum atomic E-state index is 12.8. The number of carboxylic acid groups (broad SMARTS) is 1. The Morgan fingerprint density at radius 3 is 1.42 bits per heavy atom. The van der Waals surface area contributed by atoms with Crippen molar-refractivity contribution < 1.29 is 53.8 Å². The number of rotatable bonds is 40. The summed E-state index contributed by atoms with van der Waals surface area (Å²) in [5, 5.41) is 39.9. The van der Waals surface area contributed by atoms with E-state index >= 15 is 0 Å². The number of hydrogen-bond acceptors (Lipinski definition) is 10. The van der Waals surface area contributed by atoms with Crippen molar-refractivity contribution in [1.29, 1.82) is 0 Å². The standard InChI is InChI=1S/C51H86O11/c1-3-5-7-9-11-13-15-17-19-21-22-24-26-28-30-32-34-36-38-40-45(53)61-43(42-60-51-48(56)46(54)47(55)49(62-51)50(57)58)41-59-44(52)39-37-35-33-31-29-27-25-23-20-18-16-14-12-10-8-6-4-2/h6,8,12,14,18,20,25,27,31,33,43,46-49,51,54-56H,3-5,7,9-11,13,15-17,19,21-24,26,28-30,32,34-42H2,1-2H3,(H,57,58)/b8-6-,14-12-,20-18-,27-25-,33-31-. The van der Waals surface area contributed by atoms with Crippen molar-refractivity contribution in [3.05, 3.63) is 60.8 Å². The van der Waals surface area contributed by atoms with Gasteiger partial charge in [-0.3, -0.25) is 9.59 Å². The van der Waals surface area contributed by atoms with Gasteiger partial charge in [0.1, 0.15) is 24.9 Å². The van der Waals surface area contributed by atoms with Crippen molar-refractivity contribution in [3.8, 4) is 0 Å². The van der Waals surface area contributed by atoms with Gasteiger partial charge in [0.25, 0.3) is 0 Å². The summed E-state index contributed by atoms with van der Waals surface area (Å²) in [4.78, 5) is 36.9. The smallest absolute Gasteiger partial charge is 0.335 e. The number of ether oxygens (including phenoxy) is 4. The summed E-state index contributed by atoms with van der Waals surface area (Å²) >= 11 is 0. The van der Waals surface area contributed by atoms with Crippen LogP contribution in [0.1, 0.15) is 194 Å². The summed E-state index contributed by atoms with van der Waals surface area (Å²) in [6.45, 7) is 3.67. The first-order chi connectivity index (χ1) is 30.2. The Kier molecular flexibility index (Phi) is 37.3. The van der Waals surface area contributed by atoms with Crippen molar-refractivity contribution in [2.24, 2.45) is 0 Å². The molecule has 11 nitrogen and oxygen atoms in total. The molecule has 1 fully saturated rings. The quantitative estimate of drug-likeness (QED) is 0.0263. The minimum atomic E-state index is -1.87. The van der Waals surface area contributed by atoms with Gasteiger partial charge in [-0.25, -0.2) is 4.79 Å². The molecule has 1 aliphatic rings. The van der Waals surface area contributed by atoms with E-state index in [0.717, 1.165) is 51.4 Å². The lowest BCUT2D eigenvalue weighted by Gasteiger charge is -2.38. The lowest BCUT2D eigenvalue weighted by Crippen LogP contribution is -2.60. The Morgan fingerprint density at radius 1 is 0.516 bits per heavy atom. The van der Waals surface area contributed by atoms with E-state index in [1.807, 2.05) is 6.08 Å². The molecule has 4 N–H and O–H groups in total. The largest absolute Gasteiger partial charge is 0.479 e. The molecule has 1 heterocycles. The molecule has 0 aromatic carbocycles. The van der Waals surface area contributed by atoms with Crippen molar-refractivity contribution in [3.63, 3.8) is 0 Å². The molecule has 1 aliphatic heterocycles. The first kappa shape index (κ1) is 56.9. The van der Waals surface area contributed by atoms with Gasteiger partial charge in [-0.1, -0.05) is 190 Å². The highest BCUT2D eigenvalue weighted by molar-refractivity contribution is 5.73. The fourth-order valence-electron chi connectivity index (χ4n) is 7.09. The molecule has 0 bridgehead atoms.